The molecule has 1 N–H and O–H groups in total. The zero-order chi connectivity index (χ0) is 19.4. The van der Waals surface area contributed by atoms with Gasteiger partial charge in [0.25, 0.3) is 0 Å². The van der Waals surface area contributed by atoms with E-state index >= 15 is 0 Å². The van der Waals surface area contributed by atoms with Crippen LogP contribution in [0.2, 0.25) is 0 Å². The van der Waals surface area contributed by atoms with Crippen LogP contribution in [-0.4, -0.2) is 23.7 Å². The number of nitriles is 1. The number of hydrogen-bond acceptors (Lipinski definition) is 4. The van der Waals surface area contributed by atoms with Crippen molar-refractivity contribution in [2.45, 2.75) is 6.92 Å². The van der Waals surface area contributed by atoms with Gasteiger partial charge in [0.05, 0.1) is 23.7 Å². The van der Waals surface area contributed by atoms with Crippen LogP contribution in [0.1, 0.15) is 17.0 Å². The van der Waals surface area contributed by atoms with Crippen molar-refractivity contribution in [2.75, 3.05) is 13.7 Å². The summed E-state index contributed by atoms with van der Waals surface area (Å²) < 4.78 is 11.6. The summed E-state index contributed by atoms with van der Waals surface area (Å²) in [4.78, 5) is 7.71. The molecule has 0 aliphatic carbocycles. The number of ether oxygens (including phenoxy) is 2. The zero-order valence-electron chi connectivity index (χ0n) is 14.8. The highest BCUT2D eigenvalue weighted by Crippen LogP contribution is 2.35. The van der Waals surface area contributed by atoms with Crippen LogP contribution in [-0.2, 0) is 0 Å². The second-order valence-electron chi connectivity index (χ2n) is 5.79. The number of hydrogen-bond donors (Lipinski definition) is 1. The Morgan fingerprint density at radius 1 is 1.33 bits per heavy atom. The molecule has 0 saturated heterocycles. The number of terminal acetylenes is 1. The Balaban J connectivity index is 2.04. The minimum absolute atomic E-state index is 0.139. The summed E-state index contributed by atoms with van der Waals surface area (Å²) in [7, 11) is 1.55. The third-order valence-corrected chi connectivity index (χ3v) is 4.59. The standard InChI is InChI=1S/C21H16BrN3O2/c1-4-7-27-20-11-16(22)14(10-19(20)26-3)9-15(12-23)21-24-17-6-5-13(2)8-18(17)25-21/h1,5-6,8-11H,7H2,2-3H3,(H,24,25)/b15-9-. The highest BCUT2D eigenvalue weighted by atomic mass is 79.9. The molecule has 0 bridgehead atoms. The summed E-state index contributed by atoms with van der Waals surface area (Å²) >= 11 is 3.51. The number of benzene rings is 2. The summed E-state index contributed by atoms with van der Waals surface area (Å²) in [6, 6.07) is 11.7. The van der Waals surface area contributed by atoms with Crippen LogP contribution in [0, 0.1) is 30.6 Å². The number of fused-ring (bicyclic) bond motifs is 1. The monoisotopic (exact) mass is 421 g/mol. The van der Waals surface area contributed by atoms with Crippen molar-refractivity contribution in [3.63, 3.8) is 0 Å². The molecule has 3 aromatic rings. The number of allylic oxidation sites excluding steroid dienone is 1. The van der Waals surface area contributed by atoms with E-state index in [1.54, 1.807) is 25.3 Å². The number of rotatable bonds is 5. The molecule has 5 nitrogen and oxygen atoms in total. The maximum absolute atomic E-state index is 9.64. The summed E-state index contributed by atoms with van der Waals surface area (Å²) in [6.45, 7) is 2.15. The van der Waals surface area contributed by atoms with Gasteiger partial charge < -0.3 is 14.5 Å². The summed E-state index contributed by atoms with van der Waals surface area (Å²) in [5, 5.41) is 9.64. The van der Waals surface area contributed by atoms with E-state index in [1.807, 2.05) is 25.1 Å². The fourth-order valence-corrected chi connectivity index (χ4v) is 3.05. The van der Waals surface area contributed by atoms with Gasteiger partial charge in [-0.05, 0) is 48.4 Å². The van der Waals surface area contributed by atoms with Gasteiger partial charge >= 0.3 is 0 Å². The van der Waals surface area contributed by atoms with Crippen LogP contribution >= 0.6 is 15.9 Å². The van der Waals surface area contributed by atoms with Gasteiger partial charge in [0.2, 0.25) is 0 Å². The minimum Gasteiger partial charge on any atom is -0.493 e. The molecule has 0 unspecified atom stereocenters. The quantitative estimate of drug-likeness (QED) is 0.477. The molecule has 6 heteroatoms. The topological polar surface area (TPSA) is 70.9 Å². The van der Waals surface area contributed by atoms with Gasteiger partial charge in [-0.25, -0.2) is 4.98 Å². The Morgan fingerprint density at radius 3 is 2.85 bits per heavy atom. The summed E-state index contributed by atoms with van der Waals surface area (Å²) in [6.07, 6.45) is 6.98. The number of methoxy groups -OCH3 is 1. The molecule has 1 aromatic heterocycles. The van der Waals surface area contributed by atoms with Gasteiger partial charge in [-0.1, -0.05) is 27.9 Å². The number of nitrogens with one attached hydrogen (secondary N) is 1. The first-order chi connectivity index (χ1) is 13.0. The van der Waals surface area contributed by atoms with E-state index in [4.69, 9.17) is 15.9 Å². The maximum atomic E-state index is 9.64. The molecule has 27 heavy (non-hydrogen) atoms. The molecule has 134 valence electrons. The van der Waals surface area contributed by atoms with Gasteiger partial charge in [0.15, 0.2) is 11.5 Å². The van der Waals surface area contributed by atoms with E-state index in [9.17, 15) is 5.26 Å². The molecular formula is C21H16BrN3O2. The molecule has 0 aliphatic rings. The second-order valence-corrected chi connectivity index (χ2v) is 6.65. The van der Waals surface area contributed by atoms with Crippen LogP contribution in [0.5, 0.6) is 11.5 Å². The summed E-state index contributed by atoms with van der Waals surface area (Å²) in [5.74, 6) is 3.98. The average molecular weight is 422 g/mol. The van der Waals surface area contributed by atoms with Gasteiger partial charge in [-0.15, -0.1) is 6.42 Å². The first kappa shape index (κ1) is 18.6. The SMILES string of the molecule is C#CCOc1cc(Br)c(/C=C(/C#N)c2nc3ccc(C)cc3[nH]2)cc1OC. The third-order valence-electron chi connectivity index (χ3n) is 3.91. The Morgan fingerprint density at radius 2 is 2.15 bits per heavy atom. The van der Waals surface area contributed by atoms with Crippen LogP contribution in [0.25, 0.3) is 22.7 Å². The van der Waals surface area contributed by atoms with Crippen molar-refractivity contribution in [2.24, 2.45) is 0 Å². The molecule has 3 rings (SSSR count). The van der Waals surface area contributed by atoms with Crippen molar-refractivity contribution < 1.29 is 9.47 Å². The molecular weight excluding hydrogens is 406 g/mol. The zero-order valence-corrected chi connectivity index (χ0v) is 16.4. The van der Waals surface area contributed by atoms with E-state index < -0.39 is 0 Å². The smallest absolute Gasteiger partial charge is 0.163 e. The van der Waals surface area contributed by atoms with Crippen LogP contribution in [0.4, 0.5) is 0 Å². The molecule has 0 amide bonds. The molecule has 0 atom stereocenters. The molecule has 0 fully saturated rings. The first-order valence-electron chi connectivity index (χ1n) is 8.08. The van der Waals surface area contributed by atoms with Gasteiger partial charge in [0, 0.05) is 4.47 Å². The first-order valence-corrected chi connectivity index (χ1v) is 8.87. The van der Waals surface area contributed by atoms with E-state index in [0.29, 0.717) is 22.9 Å². The second kappa shape index (κ2) is 7.99. The van der Waals surface area contributed by atoms with Gasteiger partial charge in [-0.2, -0.15) is 5.26 Å². The van der Waals surface area contributed by atoms with Gasteiger partial charge in [0.1, 0.15) is 18.5 Å². The number of H-pyrrole nitrogens is 1. The Kier molecular flexibility index (Phi) is 5.49. The van der Waals surface area contributed by atoms with Gasteiger partial charge in [-0.3, -0.25) is 0 Å². The fourth-order valence-electron chi connectivity index (χ4n) is 2.61. The predicted molar refractivity (Wildman–Crippen MR) is 109 cm³/mol. The lowest BCUT2D eigenvalue weighted by Crippen LogP contribution is -1.97. The van der Waals surface area contributed by atoms with Crippen LogP contribution in [0.3, 0.4) is 0 Å². The lowest BCUT2D eigenvalue weighted by molar-refractivity contribution is 0.330. The number of aromatic nitrogens is 2. The third kappa shape index (κ3) is 3.97. The van der Waals surface area contributed by atoms with Crippen molar-refractivity contribution in [1.82, 2.24) is 9.97 Å². The molecule has 0 aliphatic heterocycles. The summed E-state index contributed by atoms with van der Waals surface area (Å²) in [5.41, 5.74) is 3.99. The normalized spacial score (nSPS) is 11.1. The largest absolute Gasteiger partial charge is 0.493 e. The molecule has 0 radical (unpaired) electrons. The van der Waals surface area contributed by atoms with Crippen LogP contribution in [0.15, 0.2) is 34.8 Å². The van der Waals surface area contributed by atoms with E-state index in [2.05, 4.69) is 37.9 Å². The number of imidazole rings is 1. The van der Waals surface area contributed by atoms with Crippen molar-refractivity contribution >= 4 is 38.6 Å². The average Bonchev–Trinajstić information content (AvgIpc) is 3.08. The van der Waals surface area contributed by atoms with E-state index in [1.165, 1.54) is 0 Å². The molecule has 1 heterocycles. The fraction of sp³-hybridized carbons (Fsp3) is 0.143. The lowest BCUT2D eigenvalue weighted by atomic mass is 10.1. The maximum Gasteiger partial charge on any atom is 0.163 e. The number of nitrogens with zero attached hydrogens (tertiary/aromatic N) is 2. The lowest BCUT2D eigenvalue weighted by Gasteiger charge is -2.11. The predicted octanol–water partition coefficient (Wildman–Crippen LogP) is 4.72. The number of aryl methyl sites for hydroxylation is 1. The van der Waals surface area contributed by atoms with Crippen LogP contribution < -0.4 is 9.47 Å². The minimum atomic E-state index is 0.139. The number of aromatic amines is 1. The molecule has 0 saturated carbocycles. The van der Waals surface area contributed by atoms with Crippen molar-refractivity contribution in [1.29, 1.82) is 5.26 Å². The number of halogens is 1. The van der Waals surface area contributed by atoms with Crippen molar-refractivity contribution in [3.8, 4) is 29.9 Å². The highest BCUT2D eigenvalue weighted by Gasteiger charge is 2.12. The Bertz CT molecular complexity index is 1120. The highest BCUT2D eigenvalue weighted by molar-refractivity contribution is 9.10. The molecule has 2 aromatic carbocycles. The van der Waals surface area contributed by atoms with Crippen molar-refractivity contribution in [3.05, 3.63) is 51.8 Å². The Labute approximate surface area is 165 Å². The van der Waals surface area contributed by atoms with E-state index in [0.717, 1.165) is 26.6 Å². The molecule has 0 spiro atoms. The van der Waals surface area contributed by atoms with E-state index in [-0.39, 0.29) is 6.61 Å². The Hall–Kier alpha value is -3.22.